The Hall–Kier alpha value is -3.58. The number of benzene rings is 2. The number of carbonyl (C=O) groups is 1. The molecule has 3 aromatic rings. The Morgan fingerprint density at radius 1 is 0.967 bits per heavy atom. The van der Waals surface area contributed by atoms with Gasteiger partial charge in [0, 0.05) is 49.5 Å². The van der Waals surface area contributed by atoms with Crippen molar-refractivity contribution in [2.75, 3.05) is 48.9 Å². The number of ether oxygens (including phenoxy) is 1. The molecule has 154 valence electrons. The number of hydrogen-bond acceptors (Lipinski definition) is 6. The summed E-state index contributed by atoms with van der Waals surface area (Å²) in [5, 5.41) is 9.31. The lowest BCUT2D eigenvalue weighted by Gasteiger charge is -2.28. The molecule has 0 spiro atoms. The molecule has 0 bridgehead atoms. The summed E-state index contributed by atoms with van der Waals surface area (Å²) in [6.45, 7) is 3.37. The number of hydrogen-bond donors (Lipinski definition) is 3. The average molecular weight is 403 g/mol. The minimum Gasteiger partial charge on any atom is -0.378 e. The molecular weight excluding hydrogens is 378 g/mol. The van der Waals surface area contributed by atoms with E-state index in [1.54, 1.807) is 19.3 Å². The maximum atomic E-state index is 12.1. The van der Waals surface area contributed by atoms with E-state index in [0.717, 1.165) is 49.2 Å². The number of amides is 1. The summed E-state index contributed by atoms with van der Waals surface area (Å²) in [5.74, 6) is 0.586. The highest BCUT2D eigenvalue weighted by atomic mass is 16.5. The van der Waals surface area contributed by atoms with Crippen molar-refractivity contribution < 1.29 is 9.53 Å². The molecule has 0 unspecified atom stereocenters. The van der Waals surface area contributed by atoms with Crippen LogP contribution in [0.15, 0.2) is 66.9 Å². The van der Waals surface area contributed by atoms with E-state index in [9.17, 15) is 4.79 Å². The molecule has 1 aliphatic heterocycles. The van der Waals surface area contributed by atoms with Gasteiger partial charge >= 0.3 is 0 Å². The molecule has 0 radical (unpaired) electrons. The normalized spacial score (nSPS) is 13.6. The van der Waals surface area contributed by atoms with Gasteiger partial charge in [-0.15, -0.1) is 0 Å². The first-order valence-corrected chi connectivity index (χ1v) is 9.97. The number of para-hydroxylation sites is 1. The third-order valence-corrected chi connectivity index (χ3v) is 4.95. The Morgan fingerprint density at radius 2 is 1.73 bits per heavy atom. The van der Waals surface area contributed by atoms with Crippen LogP contribution < -0.4 is 20.9 Å². The van der Waals surface area contributed by atoms with Crippen LogP contribution in [0.4, 0.5) is 28.6 Å². The van der Waals surface area contributed by atoms with Gasteiger partial charge < -0.3 is 25.6 Å². The molecular formula is C23H25N5O2. The summed E-state index contributed by atoms with van der Waals surface area (Å²) in [5.41, 5.74) is 4.32. The summed E-state index contributed by atoms with van der Waals surface area (Å²) in [7, 11) is 1.62. The average Bonchev–Trinajstić information content (AvgIpc) is 2.80. The van der Waals surface area contributed by atoms with Gasteiger partial charge in [-0.25, -0.2) is 4.98 Å². The van der Waals surface area contributed by atoms with Crippen LogP contribution in [-0.4, -0.2) is 44.2 Å². The van der Waals surface area contributed by atoms with Crippen molar-refractivity contribution in [2.45, 2.75) is 0 Å². The third-order valence-electron chi connectivity index (χ3n) is 4.95. The van der Waals surface area contributed by atoms with Gasteiger partial charge in [0.25, 0.3) is 5.91 Å². The summed E-state index contributed by atoms with van der Waals surface area (Å²) in [6, 6.07) is 19.5. The Kier molecular flexibility index (Phi) is 6.10. The van der Waals surface area contributed by atoms with Gasteiger partial charge in [-0.05, 0) is 42.5 Å². The monoisotopic (exact) mass is 403 g/mol. The maximum Gasteiger partial charge on any atom is 0.253 e. The predicted molar refractivity (Wildman–Crippen MR) is 120 cm³/mol. The first kappa shape index (κ1) is 19.7. The van der Waals surface area contributed by atoms with E-state index in [-0.39, 0.29) is 5.91 Å². The van der Waals surface area contributed by atoms with Crippen LogP contribution in [0.5, 0.6) is 0 Å². The first-order valence-electron chi connectivity index (χ1n) is 9.97. The van der Waals surface area contributed by atoms with E-state index in [1.165, 1.54) is 5.69 Å². The fourth-order valence-electron chi connectivity index (χ4n) is 3.38. The zero-order valence-electron chi connectivity index (χ0n) is 16.9. The molecule has 7 nitrogen and oxygen atoms in total. The van der Waals surface area contributed by atoms with E-state index in [2.05, 4.69) is 38.0 Å². The number of pyridine rings is 1. The zero-order valence-corrected chi connectivity index (χ0v) is 16.9. The van der Waals surface area contributed by atoms with Crippen LogP contribution in [0, 0.1) is 0 Å². The van der Waals surface area contributed by atoms with Crippen LogP contribution in [-0.2, 0) is 4.74 Å². The second-order valence-corrected chi connectivity index (χ2v) is 6.95. The zero-order chi connectivity index (χ0) is 20.8. The smallest absolute Gasteiger partial charge is 0.253 e. The molecule has 0 saturated carbocycles. The molecule has 7 heteroatoms. The lowest BCUT2D eigenvalue weighted by molar-refractivity contribution is 0.0964. The van der Waals surface area contributed by atoms with Crippen molar-refractivity contribution in [1.29, 1.82) is 0 Å². The minimum atomic E-state index is -0.133. The number of aromatic nitrogens is 1. The molecule has 1 aliphatic rings. The standard InChI is InChI=1S/C23H25N5O2/c1-24-23(29)20-4-2-3-5-21(20)26-18-10-11-25-22(16-18)27-17-6-8-19(9-7-17)28-12-14-30-15-13-28/h2-11,16H,12-15H2,1H3,(H,24,29)(H2,25,26,27). The van der Waals surface area contributed by atoms with Crippen LogP contribution >= 0.6 is 0 Å². The van der Waals surface area contributed by atoms with Crippen molar-refractivity contribution in [1.82, 2.24) is 10.3 Å². The Labute approximate surface area is 176 Å². The summed E-state index contributed by atoms with van der Waals surface area (Å²) in [4.78, 5) is 18.8. The Balaban J connectivity index is 1.46. The highest BCUT2D eigenvalue weighted by Crippen LogP contribution is 2.25. The lowest BCUT2D eigenvalue weighted by Crippen LogP contribution is -2.36. The largest absolute Gasteiger partial charge is 0.378 e. The second kappa shape index (κ2) is 9.28. The van der Waals surface area contributed by atoms with E-state index in [0.29, 0.717) is 5.56 Å². The first-order chi connectivity index (χ1) is 14.7. The summed E-state index contributed by atoms with van der Waals surface area (Å²) < 4.78 is 5.41. The number of nitrogens with zero attached hydrogens (tertiary/aromatic N) is 2. The molecule has 0 aliphatic carbocycles. The van der Waals surface area contributed by atoms with Crippen molar-refractivity contribution in [2.24, 2.45) is 0 Å². The van der Waals surface area contributed by atoms with E-state index < -0.39 is 0 Å². The Bertz CT molecular complexity index is 1000. The van der Waals surface area contributed by atoms with Gasteiger partial charge in [0.2, 0.25) is 0 Å². The number of nitrogens with one attached hydrogen (secondary N) is 3. The fourth-order valence-corrected chi connectivity index (χ4v) is 3.38. The molecule has 1 amide bonds. The summed E-state index contributed by atoms with van der Waals surface area (Å²) >= 11 is 0. The molecule has 0 atom stereocenters. The van der Waals surface area contributed by atoms with Gasteiger partial charge in [0.15, 0.2) is 0 Å². The highest BCUT2D eigenvalue weighted by molar-refractivity contribution is 6.00. The molecule has 1 aromatic heterocycles. The van der Waals surface area contributed by atoms with Crippen molar-refractivity contribution in [3.63, 3.8) is 0 Å². The van der Waals surface area contributed by atoms with Gasteiger partial charge in [-0.3, -0.25) is 4.79 Å². The van der Waals surface area contributed by atoms with Gasteiger partial charge in [-0.2, -0.15) is 0 Å². The van der Waals surface area contributed by atoms with E-state index >= 15 is 0 Å². The predicted octanol–water partition coefficient (Wildman–Crippen LogP) is 3.77. The molecule has 1 fully saturated rings. The molecule has 2 aromatic carbocycles. The van der Waals surface area contributed by atoms with Crippen LogP contribution in [0.25, 0.3) is 0 Å². The van der Waals surface area contributed by atoms with Crippen LogP contribution in [0.2, 0.25) is 0 Å². The van der Waals surface area contributed by atoms with Crippen LogP contribution in [0.1, 0.15) is 10.4 Å². The minimum absolute atomic E-state index is 0.133. The molecule has 30 heavy (non-hydrogen) atoms. The summed E-state index contributed by atoms with van der Waals surface area (Å²) in [6.07, 6.45) is 1.73. The molecule has 2 heterocycles. The van der Waals surface area contributed by atoms with Gasteiger partial charge in [0.1, 0.15) is 5.82 Å². The van der Waals surface area contributed by atoms with Crippen molar-refractivity contribution >= 4 is 34.5 Å². The topological polar surface area (TPSA) is 78.5 Å². The second-order valence-electron chi connectivity index (χ2n) is 6.95. The van der Waals surface area contributed by atoms with Gasteiger partial charge in [-0.1, -0.05) is 12.1 Å². The molecule has 3 N–H and O–H groups in total. The van der Waals surface area contributed by atoms with Crippen LogP contribution in [0.3, 0.4) is 0 Å². The highest BCUT2D eigenvalue weighted by Gasteiger charge is 2.11. The maximum absolute atomic E-state index is 12.1. The number of carbonyl (C=O) groups excluding carboxylic acids is 1. The van der Waals surface area contributed by atoms with Crippen molar-refractivity contribution in [3.05, 3.63) is 72.4 Å². The van der Waals surface area contributed by atoms with Crippen molar-refractivity contribution in [3.8, 4) is 0 Å². The SMILES string of the molecule is CNC(=O)c1ccccc1Nc1ccnc(Nc2ccc(N3CCOCC3)cc2)c1. The molecule has 1 saturated heterocycles. The number of anilines is 5. The van der Waals surface area contributed by atoms with E-state index in [4.69, 9.17) is 4.74 Å². The number of morpholine rings is 1. The Morgan fingerprint density at radius 3 is 2.50 bits per heavy atom. The quantitative estimate of drug-likeness (QED) is 0.582. The third kappa shape index (κ3) is 4.69. The fraction of sp³-hybridized carbons (Fsp3) is 0.217. The van der Waals surface area contributed by atoms with Gasteiger partial charge in [0.05, 0.1) is 24.5 Å². The molecule has 4 rings (SSSR count). The number of rotatable bonds is 6. The lowest BCUT2D eigenvalue weighted by atomic mass is 10.1. The van der Waals surface area contributed by atoms with E-state index in [1.807, 2.05) is 42.5 Å².